The number of nitrogens with zero attached hydrogens (tertiary/aromatic N) is 1. The summed E-state index contributed by atoms with van der Waals surface area (Å²) in [5, 5.41) is 10.9. The van der Waals surface area contributed by atoms with Crippen LogP contribution in [0.15, 0.2) is 11.4 Å². The molecule has 0 aliphatic carbocycles. The van der Waals surface area contributed by atoms with E-state index in [1.165, 1.54) is 12.8 Å². The summed E-state index contributed by atoms with van der Waals surface area (Å²) in [5.74, 6) is 7.30. The first-order valence-corrected chi connectivity index (χ1v) is 9.17. The summed E-state index contributed by atoms with van der Waals surface area (Å²) >= 11 is 3.43. The molecule has 1 atom stereocenters. The Balaban J connectivity index is 1.88. The van der Waals surface area contributed by atoms with E-state index >= 15 is 0 Å². The topological polar surface area (TPSA) is 40.5 Å². The molecular formula is C16H21NO2S2. The van der Waals surface area contributed by atoms with Gasteiger partial charge in [-0.05, 0) is 24.7 Å². The SMILES string of the molecule is CN(Cc1cc(C#CCCO)cs1)C(=O)C1CCCCS1. The zero-order valence-corrected chi connectivity index (χ0v) is 13.9. The van der Waals surface area contributed by atoms with E-state index in [1.54, 1.807) is 23.1 Å². The van der Waals surface area contributed by atoms with Gasteiger partial charge >= 0.3 is 0 Å². The highest BCUT2D eigenvalue weighted by Gasteiger charge is 2.24. The third kappa shape index (κ3) is 5.06. The van der Waals surface area contributed by atoms with Crippen molar-refractivity contribution in [2.75, 3.05) is 19.4 Å². The van der Waals surface area contributed by atoms with Gasteiger partial charge in [0.05, 0.1) is 18.4 Å². The largest absolute Gasteiger partial charge is 0.395 e. The summed E-state index contributed by atoms with van der Waals surface area (Å²) in [4.78, 5) is 15.4. The molecule has 1 amide bonds. The van der Waals surface area contributed by atoms with E-state index < -0.39 is 0 Å². The van der Waals surface area contributed by atoms with Crippen LogP contribution in [0.3, 0.4) is 0 Å². The van der Waals surface area contributed by atoms with Crippen molar-refractivity contribution in [3.8, 4) is 11.8 Å². The van der Waals surface area contributed by atoms with Crippen molar-refractivity contribution >= 4 is 29.0 Å². The van der Waals surface area contributed by atoms with Crippen molar-refractivity contribution in [3.63, 3.8) is 0 Å². The average molecular weight is 323 g/mol. The lowest BCUT2D eigenvalue weighted by Gasteiger charge is -2.25. The molecule has 0 bridgehead atoms. The number of thiophene rings is 1. The quantitative estimate of drug-likeness (QED) is 0.866. The molecule has 1 N–H and O–H groups in total. The number of hydrogen-bond acceptors (Lipinski definition) is 4. The van der Waals surface area contributed by atoms with E-state index in [0.29, 0.717) is 13.0 Å². The lowest BCUT2D eigenvalue weighted by Crippen LogP contribution is -2.35. The van der Waals surface area contributed by atoms with Crippen molar-refractivity contribution in [1.82, 2.24) is 4.90 Å². The average Bonchev–Trinajstić information content (AvgIpc) is 2.95. The Hall–Kier alpha value is -0.960. The van der Waals surface area contributed by atoms with Gasteiger partial charge in [-0.3, -0.25) is 4.79 Å². The molecule has 21 heavy (non-hydrogen) atoms. The minimum absolute atomic E-state index is 0.0975. The van der Waals surface area contributed by atoms with Crippen LogP contribution in [0.25, 0.3) is 0 Å². The zero-order valence-electron chi connectivity index (χ0n) is 12.3. The molecule has 1 aromatic heterocycles. The van der Waals surface area contributed by atoms with Crippen molar-refractivity contribution in [1.29, 1.82) is 0 Å². The fraction of sp³-hybridized carbons (Fsp3) is 0.562. The molecule has 1 fully saturated rings. The molecular weight excluding hydrogens is 302 g/mol. The first-order chi connectivity index (χ1) is 10.2. The van der Waals surface area contributed by atoms with Gasteiger partial charge < -0.3 is 10.0 Å². The number of thioether (sulfide) groups is 1. The molecule has 1 aromatic rings. The third-order valence-electron chi connectivity index (χ3n) is 3.35. The first kappa shape index (κ1) is 16.4. The van der Waals surface area contributed by atoms with Crippen LogP contribution in [-0.4, -0.2) is 40.6 Å². The van der Waals surface area contributed by atoms with Crippen LogP contribution in [0.1, 0.15) is 36.1 Å². The number of carbonyl (C=O) groups excluding carboxylic acids is 1. The molecule has 0 aromatic carbocycles. The Kier molecular flexibility index (Phi) is 6.62. The maximum atomic E-state index is 12.4. The summed E-state index contributed by atoms with van der Waals surface area (Å²) in [5.41, 5.74) is 0.969. The molecule has 114 valence electrons. The maximum Gasteiger partial charge on any atom is 0.235 e. The van der Waals surface area contributed by atoms with Crippen LogP contribution in [0.2, 0.25) is 0 Å². The molecule has 3 nitrogen and oxygen atoms in total. The van der Waals surface area contributed by atoms with E-state index in [2.05, 4.69) is 11.8 Å². The highest BCUT2D eigenvalue weighted by molar-refractivity contribution is 8.00. The lowest BCUT2D eigenvalue weighted by atomic mass is 10.1. The van der Waals surface area contributed by atoms with Gasteiger partial charge in [-0.25, -0.2) is 0 Å². The number of aliphatic hydroxyl groups excluding tert-OH is 1. The molecule has 1 unspecified atom stereocenters. The van der Waals surface area contributed by atoms with Crippen LogP contribution in [0.4, 0.5) is 0 Å². The molecule has 0 radical (unpaired) electrons. The van der Waals surface area contributed by atoms with Gasteiger partial charge in [0.1, 0.15) is 0 Å². The number of hydrogen-bond donors (Lipinski definition) is 1. The Morgan fingerprint density at radius 1 is 1.52 bits per heavy atom. The monoisotopic (exact) mass is 323 g/mol. The van der Waals surface area contributed by atoms with Crippen LogP contribution in [0, 0.1) is 11.8 Å². The normalized spacial score (nSPS) is 17.9. The van der Waals surface area contributed by atoms with Crippen LogP contribution in [0.5, 0.6) is 0 Å². The standard InChI is InChI=1S/C16H21NO2S2/c1-17(16(19)15-7-3-5-9-20-15)11-14-10-13(12-21-14)6-2-4-8-18/h10,12,15,18H,3-5,7-9,11H2,1H3. The second kappa shape index (κ2) is 8.47. The van der Waals surface area contributed by atoms with Gasteiger partial charge in [0.2, 0.25) is 5.91 Å². The van der Waals surface area contributed by atoms with Crippen molar-refractivity contribution in [2.45, 2.75) is 37.5 Å². The smallest absolute Gasteiger partial charge is 0.235 e. The number of carbonyl (C=O) groups is 1. The molecule has 1 aliphatic rings. The molecule has 2 rings (SSSR count). The van der Waals surface area contributed by atoms with Crippen LogP contribution in [-0.2, 0) is 11.3 Å². The first-order valence-electron chi connectivity index (χ1n) is 7.24. The van der Waals surface area contributed by atoms with Crippen molar-refractivity contribution < 1.29 is 9.90 Å². The number of rotatable bonds is 4. The minimum atomic E-state index is 0.0975. The fourth-order valence-electron chi connectivity index (χ4n) is 2.24. The summed E-state index contributed by atoms with van der Waals surface area (Å²) in [6.45, 7) is 0.753. The van der Waals surface area contributed by atoms with Crippen molar-refractivity contribution in [3.05, 3.63) is 21.9 Å². The maximum absolute atomic E-state index is 12.4. The van der Waals surface area contributed by atoms with E-state index in [0.717, 1.165) is 22.6 Å². The minimum Gasteiger partial charge on any atom is -0.395 e. The van der Waals surface area contributed by atoms with Gasteiger partial charge in [-0.1, -0.05) is 18.3 Å². The van der Waals surface area contributed by atoms with Gasteiger partial charge in [-0.15, -0.1) is 23.1 Å². The van der Waals surface area contributed by atoms with Crippen molar-refractivity contribution in [2.24, 2.45) is 0 Å². The summed E-state index contributed by atoms with van der Waals surface area (Å²) in [6.07, 6.45) is 3.92. The van der Waals surface area contributed by atoms with Crippen LogP contribution >= 0.6 is 23.1 Å². The number of amides is 1. The lowest BCUT2D eigenvalue weighted by molar-refractivity contribution is -0.130. The summed E-state index contributed by atoms with van der Waals surface area (Å²) in [7, 11) is 1.88. The third-order valence-corrected chi connectivity index (χ3v) is 5.63. The molecule has 0 spiro atoms. The molecule has 1 aliphatic heterocycles. The zero-order chi connectivity index (χ0) is 15.1. The molecule has 5 heteroatoms. The number of aliphatic hydroxyl groups is 1. The molecule has 2 heterocycles. The van der Waals surface area contributed by atoms with Gasteiger partial charge in [0.15, 0.2) is 0 Å². The summed E-state index contributed by atoms with van der Waals surface area (Å²) in [6, 6.07) is 2.03. The Morgan fingerprint density at radius 2 is 2.38 bits per heavy atom. The van der Waals surface area contributed by atoms with E-state index in [1.807, 2.05) is 23.4 Å². The van der Waals surface area contributed by atoms with Crippen LogP contribution < -0.4 is 0 Å². The second-order valence-electron chi connectivity index (χ2n) is 5.13. The van der Waals surface area contributed by atoms with Gasteiger partial charge in [0, 0.05) is 29.3 Å². The van der Waals surface area contributed by atoms with E-state index in [4.69, 9.17) is 5.11 Å². The predicted octanol–water partition coefficient (Wildman–Crippen LogP) is 2.73. The Labute approximate surface area is 134 Å². The second-order valence-corrected chi connectivity index (χ2v) is 7.43. The predicted molar refractivity (Wildman–Crippen MR) is 89.5 cm³/mol. The summed E-state index contributed by atoms with van der Waals surface area (Å²) < 4.78 is 0. The Bertz CT molecular complexity index is 524. The highest BCUT2D eigenvalue weighted by Crippen LogP contribution is 2.27. The molecule has 1 saturated heterocycles. The molecule has 0 saturated carbocycles. The van der Waals surface area contributed by atoms with E-state index in [-0.39, 0.29) is 17.8 Å². The highest BCUT2D eigenvalue weighted by atomic mass is 32.2. The fourth-order valence-corrected chi connectivity index (χ4v) is 4.42. The van der Waals surface area contributed by atoms with E-state index in [9.17, 15) is 4.79 Å². The van der Waals surface area contributed by atoms with Gasteiger partial charge in [-0.2, -0.15) is 0 Å². The Morgan fingerprint density at radius 3 is 3.10 bits per heavy atom. The van der Waals surface area contributed by atoms with Gasteiger partial charge in [0.25, 0.3) is 0 Å².